The molecule has 0 aliphatic carbocycles. The Morgan fingerprint density at radius 1 is 1.47 bits per heavy atom. The summed E-state index contributed by atoms with van der Waals surface area (Å²) in [4.78, 5) is 4.80. The minimum Gasteiger partial charge on any atom is -0.382 e. The molecule has 0 bridgehead atoms. The van der Waals surface area contributed by atoms with E-state index < -0.39 is 0 Å². The van der Waals surface area contributed by atoms with Crippen LogP contribution in [0.4, 0.5) is 0 Å². The molecule has 84 valence electrons. The number of rotatable bonds is 2. The number of pyridine rings is 1. The molecule has 0 saturated carbocycles. The molecule has 0 amide bonds. The van der Waals surface area contributed by atoms with Crippen LogP contribution < -0.4 is 5.32 Å². The van der Waals surface area contributed by atoms with Crippen molar-refractivity contribution in [3.8, 4) is 0 Å². The predicted molar refractivity (Wildman–Crippen MR) is 70.7 cm³/mol. The van der Waals surface area contributed by atoms with E-state index in [1.807, 2.05) is 33.9 Å². The second kappa shape index (κ2) is 7.60. The molecule has 1 unspecified atom stereocenters. The van der Waals surface area contributed by atoms with Crippen LogP contribution in [-0.4, -0.2) is 17.0 Å². The molecule has 15 heavy (non-hydrogen) atoms. The van der Waals surface area contributed by atoms with Gasteiger partial charge < -0.3 is 5.32 Å². The van der Waals surface area contributed by atoms with E-state index in [1.54, 1.807) is 12.3 Å². The Morgan fingerprint density at radius 3 is 2.47 bits per heavy atom. The zero-order valence-corrected chi connectivity index (χ0v) is 11.1. The summed E-state index contributed by atoms with van der Waals surface area (Å²) in [6.07, 6.45) is 1.75. The summed E-state index contributed by atoms with van der Waals surface area (Å²) >= 11 is 10.8. The van der Waals surface area contributed by atoms with Crippen molar-refractivity contribution >= 4 is 28.8 Å². The molecule has 1 aromatic heterocycles. The van der Waals surface area contributed by atoms with Gasteiger partial charge in [-0.05, 0) is 11.6 Å². The van der Waals surface area contributed by atoms with Gasteiger partial charge in [0.25, 0.3) is 0 Å². The number of thiocarbonyl (C=S) groups is 1. The van der Waals surface area contributed by atoms with Gasteiger partial charge in [-0.1, -0.05) is 50.7 Å². The smallest absolute Gasteiger partial charge is 0.129 e. The van der Waals surface area contributed by atoms with Crippen LogP contribution in [0, 0.1) is 0 Å². The van der Waals surface area contributed by atoms with E-state index in [9.17, 15) is 0 Å². The first-order chi connectivity index (χ1) is 7.15. The molecular formula is C11H17ClN2S. The molecule has 0 saturated heterocycles. The molecule has 0 spiro atoms. The predicted octanol–water partition coefficient (Wildman–Crippen LogP) is 3.41. The van der Waals surface area contributed by atoms with Gasteiger partial charge in [0.15, 0.2) is 0 Å². The molecule has 1 rings (SSSR count). The summed E-state index contributed by atoms with van der Waals surface area (Å²) in [6, 6.07) is 3.70. The summed E-state index contributed by atoms with van der Waals surface area (Å²) in [5.74, 6) is 0.185. The lowest BCUT2D eigenvalue weighted by atomic mass is 10.0. The fourth-order valence-corrected chi connectivity index (χ4v) is 1.26. The molecule has 4 heteroatoms. The van der Waals surface area contributed by atoms with E-state index in [1.165, 1.54) is 0 Å². The monoisotopic (exact) mass is 244 g/mol. The van der Waals surface area contributed by atoms with E-state index >= 15 is 0 Å². The van der Waals surface area contributed by atoms with Crippen LogP contribution in [-0.2, 0) is 0 Å². The Balaban J connectivity index is 0.000000921. The van der Waals surface area contributed by atoms with Crippen molar-refractivity contribution in [2.24, 2.45) is 0 Å². The van der Waals surface area contributed by atoms with Gasteiger partial charge in [-0.3, -0.25) is 0 Å². The highest BCUT2D eigenvalue weighted by atomic mass is 35.5. The van der Waals surface area contributed by atoms with E-state index in [-0.39, 0.29) is 5.92 Å². The highest BCUT2D eigenvalue weighted by Gasteiger charge is 2.09. The number of nitrogens with zero attached hydrogens (tertiary/aromatic N) is 1. The Labute approximate surface area is 102 Å². The van der Waals surface area contributed by atoms with Gasteiger partial charge in [0.05, 0.1) is 4.99 Å². The van der Waals surface area contributed by atoms with Crippen LogP contribution in [0.25, 0.3) is 0 Å². The number of likely N-dealkylation sites (N-methyl/N-ethyl adjacent to an activating group) is 1. The first kappa shape index (κ1) is 14.3. The zero-order valence-electron chi connectivity index (χ0n) is 9.54. The topological polar surface area (TPSA) is 24.9 Å². The molecule has 1 heterocycles. The SMILES string of the molecule is CC.CNC(=S)C(C)c1ccc(Cl)nc1. The first-order valence-corrected chi connectivity index (χ1v) is 5.77. The largest absolute Gasteiger partial charge is 0.382 e. The van der Waals surface area contributed by atoms with Crippen molar-refractivity contribution < 1.29 is 0 Å². The number of nitrogens with one attached hydrogen (secondary N) is 1. The lowest BCUT2D eigenvalue weighted by molar-refractivity contribution is 0.963. The van der Waals surface area contributed by atoms with Gasteiger partial charge in [-0.25, -0.2) is 4.98 Å². The molecule has 0 fully saturated rings. The van der Waals surface area contributed by atoms with Gasteiger partial charge in [0, 0.05) is 19.2 Å². The average Bonchev–Trinajstić information content (AvgIpc) is 2.31. The molecule has 1 atom stereocenters. The number of hydrogen-bond acceptors (Lipinski definition) is 2. The number of halogens is 1. The maximum Gasteiger partial charge on any atom is 0.129 e. The quantitative estimate of drug-likeness (QED) is 0.638. The molecular weight excluding hydrogens is 228 g/mol. The van der Waals surface area contributed by atoms with Crippen molar-refractivity contribution in [2.75, 3.05) is 7.05 Å². The lowest BCUT2D eigenvalue weighted by Gasteiger charge is -2.12. The molecule has 0 aromatic carbocycles. The van der Waals surface area contributed by atoms with E-state index in [4.69, 9.17) is 23.8 Å². The third-order valence-electron chi connectivity index (χ3n) is 1.89. The Hall–Kier alpha value is -0.670. The molecule has 0 radical (unpaired) electrons. The molecule has 0 aliphatic heterocycles. The summed E-state index contributed by atoms with van der Waals surface area (Å²) in [5, 5.41) is 3.45. The van der Waals surface area contributed by atoms with Crippen LogP contribution in [0.5, 0.6) is 0 Å². The average molecular weight is 245 g/mol. The Morgan fingerprint density at radius 2 is 2.07 bits per heavy atom. The van der Waals surface area contributed by atoms with Crippen molar-refractivity contribution in [1.29, 1.82) is 0 Å². The van der Waals surface area contributed by atoms with Gasteiger partial charge in [0.2, 0.25) is 0 Å². The van der Waals surface area contributed by atoms with Gasteiger partial charge in [-0.2, -0.15) is 0 Å². The lowest BCUT2D eigenvalue weighted by Crippen LogP contribution is -2.21. The first-order valence-electron chi connectivity index (χ1n) is 4.98. The zero-order chi connectivity index (χ0) is 11.8. The molecule has 2 nitrogen and oxygen atoms in total. The Kier molecular flexibility index (Phi) is 7.26. The van der Waals surface area contributed by atoms with E-state index in [0.29, 0.717) is 5.15 Å². The van der Waals surface area contributed by atoms with Crippen LogP contribution in [0.15, 0.2) is 18.3 Å². The Bertz CT molecular complexity index is 298. The summed E-state index contributed by atoms with van der Waals surface area (Å²) in [7, 11) is 1.82. The summed E-state index contributed by atoms with van der Waals surface area (Å²) in [6.45, 7) is 6.03. The fraction of sp³-hybridized carbons (Fsp3) is 0.455. The summed E-state index contributed by atoms with van der Waals surface area (Å²) in [5.41, 5.74) is 1.07. The standard InChI is InChI=1S/C9H11ClN2S.C2H6/c1-6(9(13)11-2)7-3-4-8(10)12-5-7;1-2/h3-6H,1-2H3,(H,11,13);1-2H3. The number of hydrogen-bond donors (Lipinski definition) is 1. The minimum absolute atomic E-state index is 0.185. The second-order valence-electron chi connectivity index (χ2n) is 2.75. The van der Waals surface area contributed by atoms with Crippen LogP contribution in [0.2, 0.25) is 5.15 Å². The van der Waals surface area contributed by atoms with Crippen LogP contribution in [0.1, 0.15) is 32.3 Å². The number of aromatic nitrogens is 1. The van der Waals surface area contributed by atoms with Crippen molar-refractivity contribution in [1.82, 2.24) is 10.3 Å². The van der Waals surface area contributed by atoms with E-state index in [2.05, 4.69) is 10.3 Å². The molecule has 0 aliphatic rings. The molecule has 1 aromatic rings. The van der Waals surface area contributed by atoms with Gasteiger partial charge in [-0.15, -0.1) is 0 Å². The van der Waals surface area contributed by atoms with Crippen molar-refractivity contribution in [3.05, 3.63) is 29.0 Å². The third kappa shape index (κ3) is 4.58. The minimum atomic E-state index is 0.185. The maximum absolute atomic E-state index is 5.67. The maximum atomic E-state index is 5.67. The van der Waals surface area contributed by atoms with Crippen molar-refractivity contribution in [2.45, 2.75) is 26.7 Å². The van der Waals surface area contributed by atoms with Gasteiger partial charge >= 0.3 is 0 Å². The highest BCUT2D eigenvalue weighted by molar-refractivity contribution is 7.80. The third-order valence-corrected chi connectivity index (χ3v) is 2.67. The fourth-order valence-electron chi connectivity index (χ4n) is 1.01. The second-order valence-corrected chi connectivity index (χ2v) is 3.58. The summed E-state index contributed by atoms with van der Waals surface area (Å²) < 4.78 is 0. The van der Waals surface area contributed by atoms with Gasteiger partial charge in [0.1, 0.15) is 5.15 Å². The van der Waals surface area contributed by atoms with Crippen LogP contribution in [0.3, 0.4) is 0 Å². The molecule has 1 N–H and O–H groups in total. The van der Waals surface area contributed by atoms with E-state index in [0.717, 1.165) is 10.6 Å². The highest BCUT2D eigenvalue weighted by Crippen LogP contribution is 2.16. The van der Waals surface area contributed by atoms with Crippen LogP contribution >= 0.6 is 23.8 Å². The van der Waals surface area contributed by atoms with Crippen molar-refractivity contribution in [3.63, 3.8) is 0 Å². The normalized spacial score (nSPS) is 11.0.